The fraction of sp³-hybridized carbons (Fsp3) is 0.474. The number of hydrogen-bond donors (Lipinski definition) is 0. The predicted octanol–water partition coefficient (Wildman–Crippen LogP) is 5.18. The van der Waals surface area contributed by atoms with Crippen molar-refractivity contribution in [1.29, 1.82) is 0 Å². The van der Waals surface area contributed by atoms with Gasteiger partial charge in [-0.3, -0.25) is 0 Å². The van der Waals surface area contributed by atoms with Gasteiger partial charge in [0, 0.05) is 16.1 Å². The van der Waals surface area contributed by atoms with E-state index in [0.717, 1.165) is 23.1 Å². The Kier molecular flexibility index (Phi) is 3.58. The number of nitrogens with zero attached hydrogens (tertiary/aromatic N) is 1. The lowest BCUT2D eigenvalue weighted by molar-refractivity contribution is 0.413. The van der Waals surface area contributed by atoms with Gasteiger partial charge in [-0.25, -0.2) is 4.39 Å². The standard InChI is InChI=1S/C19H22FNS/c1-21(2)11-15-8-12-3-4-14(7-12)19(15)18-9-13-5-6-16(20)10-17(13)22-18/h5-6,9-10,12,14H,3-4,7-8,11H2,1-2H3/t12-,14-/m0/s1. The van der Waals surface area contributed by atoms with Gasteiger partial charge in [-0.05, 0) is 80.8 Å². The first-order chi connectivity index (χ1) is 10.6. The number of benzene rings is 1. The number of likely N-dealkylation sites (N-methyl/N-ethyl adjacent to an activating group) is 1. The van der Waals surface area contributed by atoms with Crippen LogP contribution in [0.4, 0.5) is 4.39 Å². The minimum Gasteiger partial charge on any atom is -0.305 e. The maximum absolute atomic E-state index is 13.5. The zero-order valence-corrected chi connectivity index (χ0v) is 14.0. The molecule has 2 aliphatic carbocycles. The highest BCUT2D eigenvalue weighted by Crippen LogP contribution is 2.50. The Bertz CT molecular complexity index is 743. The van der Waals surface area contributed by atoms with Gasteiger partial charge in [0.1, 0.15) is 5.82 Å². The molecule has 3 heteroatoms. The number of allylic oxidation sites excluding steroid dienone is 1. The Hall–Kier alpha value is -1.19. The second-order valence-electron chi connectivity index (χ2n) is 7.13. The lowest BCUT2D eigenvalue weighted by atomic mass is 9.82. The van der Waals surface area contributed by atoms with E-state index in [4.69, 9.17) is 0 Å². The number of halogens is 1. The molecule has 0 saturated heterocycles. The van der Waals surface area contributed by atoms with Gasteiger partial charge in [0.25, 0.3) is 0 Å². The van der Waals surface area contributed by atoms with E-state index in [9.17, 15) is 4.39 Å². The summed E-state index contributed by atoms with van der Waals surface area (Å²) in [4.78, 5) is 3.66. The minimum atomic E-state index is -0.132. The van der Waals surface area contributed by atoms with Gasteiger partial charge in [0.15, 0.2) is 0 Å². The zero-order chi connectivity index (χ0) is 15.3. The van der Waals surface area contributed by atoms with Crippen molar-refractivity contribution in [3.63, 3.8) is 0 Å². The summed E-state index contributed by atoms with van der Waals surface area (Å²) < 4.78 is 14.6. The van der Waals surface area contributed by atoms with Crippen LogP contribution in [-0.2, 0) is 0 Å². The topological polar surface area (TPSA) is 3.24 Å². The molecule has 0 spiro atoms. The van der Waals surface area contributed by atoms with E-state index in [1.165, 1.54) is 35.9 Å². The normalized spacial score (nSPS) is 24.7. The maximum Gasteiger partial charge on any atom is 0.124 e. The first-order valence-electron chi connectivity index (χ1n) is 8.16. The molecule has 2 aromatic rings. The van der Waals surface area contributed by atoms with Crippen LogP contribution in [0, 0.1) is 17.7 Å². The third kappa shape index (κ3) is 2.50. The van der Waals surface area contributed by atoms with Crippen molar-refractivity contribution in [2.24, 2.45) is 11.8 Å². The fourth-order valence-electron chi connectivity index (χ4n) is 4.31. The number of rotatable bonds is 3. The smallest absolute Gasteiger partial charge is 0.124 e. The van der Waals surface area contributed by atoms with Crippen molar-refractivity contribution in [2.45, 2.75) is 25.7 Å². The third-order valence-electron chi connectivity index (χ3n) is 5.12. The van der Waals surface area contributed by atoms with E-state index < -0.39 is 0 Å². The second kappa shape index (κ2) is 5.47. The first kappa shape index (κ1) is 14.4. The van der Waals surface area contributed by atoms with Crippen LogP contribution >= 0.6 is 11.3 Å². The van der Waals surface area contributed by atoms with Crippen molar-refractivity contribution in [1.82, 2.24) is 4.90 Å². The van der Waals surface area contributed by atoms with Gasteiger partial charge in [-0.1, -0.05) is 11.6 Å². The molecule has 2 atom stereocenters. The molecule has 0 N–H and O–H groups in total. The largest absolute Gasteiger partial charge is 0.305 e. The van der Waals surface area contributed by atoms with Gasteiger partial charge in [0.05, 0.1) is 0 Å². The Balaban J connectivity index is 1.82. The highest BCUT2D eigenvalue weighted by atomic mass is 32.1. The molecule has 1 nitrogen and oxygen atoms in total. The molecule has 0 radical (unpaired) electrons. The quantitative estimate of drug-likeness (QED) is 0.755. The lowest BCUT2D eigenvalue weighted by Crippen LogP contribution is -2.21. The predicted molar refractivity (Wildman–Crippen MR) is 92.7 cm³/mol. The molecule has 4 rings (SSSR count). The monoisotopic (exact) mass is 315 g/mol. The van der Waals surface area contributed by atoms with Crippen LogP contribution < -0.4 is 0 Å². The van der Waals surface area contributed by atoms with Crippen LogP contribution in [-0.4, -0.2) is 25.5 Å². The summed E-state index contributed by atoms with van der Waals surface area (Å²) in [5, 5.41) is 1.18. The summed E-state index contributed by atoms with van der Waals surface area (Å²) in [6.07, 6.45) is 5.33. The molecular weight excluding hydrogens is 293 g/mol. The highest BCUT2D eigenvalue weighted by Gasteiger charge is 2.35. The summed E-state index contributed by atoms with van der Waals surface area (Å²) >= 11 is 1.77. The van der Waals surface area contributed by atoms with E-state index in [-0.39, 0.29) is 5.82 Å². The Morgan fingerprint density at radius 1 is 1.23 bits per heavy atom. The summed E-state index contributed by atoms with van der Waals surface area (Å²) in [5.41, 5.74) is 3.21. The fourth-order valence-corrected chi connectivity index (χ4v) is 5.57. The molecule has 1 heterocycles. The molecule has 1 saturated carbocycles. The molecule has 1 fully saturated rings. The molecule has 22 heavy (non-hydrogen) atoms. The maximum atomic E-state index is 13.5. The van der Waals surface area contributed by atoms with Crippen LogP contribution in [0.15, 0.2) is 29.8 Å². The molecule has 2 bridgehead atoms. The molecule has 1 aromatic carbocycles. The van der Waals surface area contributed by atoms with Crippen LogP contribution in [0.2, 0.25) is 0 Å². The SMILES string of the molecule is CN(C)CC1=C(c2cc3ccc(F)cc3s2)[C@H]2CC[C@H](C1)C2. The Morgan fingerprint density at radius 3 is 2.91 bits per heavy atom. The molecule has 1 aromatic heterocycles. The highest BCUT2D eigenvalue weighted by molar-refractivity contribution is 7.20. The molecule has 2 aliphatic rings. The number of hydrogen-bond acceptors (Lipinski definition) is 2. The van der Waals surface area contributed by atoms with E-state index in [2.05, 4.69) is 25.1 Å². The Morgan fingerprint density at radius 2 is 2.09 bits per heavy atom. The molecule has 0 amide bonds. The van der Waals surface area contributed by atoms with E-state index >= 15 is 0 Å². The van der Waals surface area contributed by atoms with Crippen molar-refractivity contribution < 1.29 is 4.39 Å². The van der Waals surface area contributed by atoms with Crippen LogP contribution in [0.25, 0.3) is 15.7 Å². The second-order valence-corrected chi connectivity index (χ2v) is 8.21. The molecule has 0 aliphatic heterocycles. The average molecular weight is 315 g/mol. The minimum absolute atomic E-state index is 0.132. The lowest BCUT2D eigenvalue weighted by Gasteiger charge is -2.28. The zero-order valence-electron chi connectivity index (χ0n) is 13.2. The molecule has 116 valence electrons. The van der Waals surface area contributed by atoms with Crippen LogP contribution in [0.5, 0.6) is 0 Å². The van der Waals surface area contributed by atoms with Crippen molar-refractivity contribution >= 4 is 27.0 Å². The van der Waals surface area contributed by atoms with Crippen LogP contribution in [0.3, 0.4) is 0 Å². The number of fused-ring (bicyclic) bond motifs is 3. The summed E-state index contributed by atoms with van der Waals surface area (Å²) in [6, 6.07) is 7.44. The summed E-state index contributed by atoms with van der Waals surface area (Å²) in [7, 11) is 4.31. The van der Waals surface area contributed by atoms with Crippen molar-refractivity contribution in [2.75, 3.05) is 20.6 Å². The van der Waals surface area contributed by atoms with Crippen molar-refractivity contribution in [3.05, 3.63) is 40.5 Å². The van der Waals surface area contributed by atoms with E-state index in [0.29, 0.717) is 0 Å². The van der Waals surface area contributed by atoms with Crippen molar-refractivity contribution in [3.8, 4) is 0 Å². The third-order valence-corrected chi connectivity index (χ3v) is 6.25. The van der Waals surface area contributed by atoms with Gasteiger partial charge in [-0.2, -0.15) is 0 Å². The summed E-state index contributed by atoms with van der Waals surface area (Å²) in [6.45, 7) is 1.06. The van der Waals surface area contributed by atoms with E-state index in [1.807, 2.05) is 6.07 Å². The van der Waals surface area contributed by atoms with E-state index in [1.54, 1.807) is 34.6 Å². The van der Waals surface area contributed by atoms with Gasteiger partial charge in [0.2, 0.25) is 0 Å². The summed E-state index contributed by atoms with van der Waals surface area (Å²) in [5.74, 6) is 1.50. The van der Waals surface area contributed by atoms with Gasteiger partial charge in [-0.15, -0.1) is 11.3 Å². The van der Waals surface area contributed by atoms with Crippen LogP contribution in [0.1, 0.15) is 30.6 Å². The average Bonchev–Trinajstić information content (AvgIpc) is 3.02. The van der Waals surface area contributed by atoms with Gasteiger partial charge >= 0.3 is 0 Å². The first-order valence-corrected chi connectivity index (χ1v) is 8.98. The molecule has 0 unspecified atom stereocenters. The molecular formula is C19H22FNS. The Labute approximate surface area is 135 Å². The number of thiophene rings is 1. The van der Waals surface area contributed by atoms with Gasteiger partial charge < -0.3 is 4.90 Å².